The first-order valence-electron chi connectivity index (χ1n) is 5.57. The summed E-state index contributed by atoms with van der Waals surface area (Å²) in [6, 6.07) is 2.42. The van der Waals surface area contributed by atoms with Crippen LogP contribution in [0.3, 0.4) is 0 Å². The van der Waals surface area contributed by atoms with Crippen molar-refractivity contribution in [3.63, 3.8) is 0 Å². The molecule has 1 aromatic rings. The van der Waals surface area contributed by atoms with E-state index < -0.39 is 11.6 Å². The zero-order chi connectivity index (χ0) is 12.7. The van der Waals surface area contributed by atoms with Crippen LogP contribution >= 0.6 is 11.8 Å². The van der Waals surface area contributed by atoms with E-state index in [0.29, 0.717) is 12.2 Å². The number of ether oxygens (including phenoxy) is 1. The van der Waals surface area contributed by atoms with Gasteiger partial charge >= 0.3 is 0 Å². The Morgan fingerprint density at radius 1 is 1.29 bits per heavy atom. The number of thioether (sulfide) groups is 1. The van der Waals surface area contributed by atoms with E-state index in [4.69, 9.17) is 10.5 Å². The predicted molar refractivity (Wildman–Crippen MR) is 67.4 cm³/mol. The third-order valence-electron chi connectivity index (χ3n) is 2.18. The first-order valence-corrected chi connectivity index (χ1v) is 6.73. The van der Waals surface area contributed by atoms with Crippen LogP contribution in [-0.4, -0.2) is 18.1 Å². The zero-order valence-corrected chi connectivity index (χ0v) is 10.7. The second-order valence-corrected chi connectivity index (χ2v) is 4.89. The van der Waals surface area contributed by atoms with Gasteiger partial charge in [-0.15, -0.1) is 0 Å². The first-order chi connectivity index (χ1) is 8.19. The third kappa shape index (κ3) is 4.52. The van der Waals surface area contributed by atoms with E-state index in [9.17, 15) is 8.78 Å². The molecule has 1 rings (SSSR count). The highest BCUT2D eigenvalue weighted by molar-refractivity contribution is 7.99. The van der Waals surface area contributed by atoms with E-state index >= 15 is 0 Å². The smallest absolute Gasteiger partial charge is 0.190 e. The van der Waals surface area contributed by atoms with E-state index in [1.165, 1.54) is 12.1 Å². The number of halogens is 2. The molecule has 0 atom stereocenters. The Labute approximate surface area is 105 Å². The second kappa shape index (κ2) is 7.50. The maximum absolute atomic E-state index is 13.4. The molecule has 0 amide bonds. The van der Waals surface area contributed by atoms with Crippen molar-refractivity contribution in [2.24, 2.45) is 5.73 Å². The fraction of sp³-hybridized carbons (Fsp3) is 0.500. The van der Waals surface area contributed by atoms with Crippen molar-refractivity contribution in [2.75, 3.05) is 18.1 Å². The predicted octanol–water partition coefficient (Wildman–Crippen LogP) is 2.95. The van der Waals surface area contributed by atoms with Crippen LogP contribution in [0.25, 0.3) is 0 Å². The summed E-state index contributed by atoms with van der Waals surface area (Å²) >= 11 is 1.77. The van der Waals surface area contributed by atoms with Gasteiger partial charge in [0.2, 0.25) is 0 Å². The summed E-state index contributed by atoms with van der Waals surface area (Å²) in [5, 5.41) is 0. The molecular weight excluding hydrogens is 244 g/mol. The monoisotopic (exact) mass is 261 g/mol. The fourth-order valence-electron chi connectivity index (χ4n) is 1.35. The number of rotatable bonds is 7. The molecule has 0 fully saturated rings. The third-order valence-corrected chi connectivity index (χ3v) is 3.16. The average Bonchev–Trinajstić information content (AvgIpc) is 2.31. The zero-order valence-electron chi connectivity index (χ0n) is 9.84. The molecule has 0 aliphatic heterocycles. The second-order valence-electron chi connectivity index (χ2n) is 3.49. The van der Waals surface area contributed by atoms with E-state index in [1.807, 2.05) is 0 Å². The maximum atomic E-state index is 13.4. The van der Waals surface area contributed by atoms with E-state index in [1.54, 1.807) is 11.8 Å². The van der Waals surface area contributed by atoms with Gasteiger partial charge in [0.1, 0.15) is 0 Å². The van der Waals surface area contributed by atoms with Gasteiger partial charge in [-0.2, -0.15) is 11.8 Å². The minimum atomic E-state index is -0.686. The van der Waals surface area contributed by atoms with E-state index in [0.717, 1.165) is 17.9 Å². The van der Waals surface area contributed by atoms with Crippen molar-refractivity contribution in [2.45, 2.75) is 19.9 Å². The molecule has 2 N–H and O–H groups in total. The largest absolute Gasteiger partial charge is 0.488 e. The van der Waals surface area contributed by atoms with Crippen molar-refractivity contribution >= 4 is 11.8 Å². The van der Waals surface area contributed by atoms with Crippen LogP contribution in [-0.2, 0) is 6.54 Å². The Balaban J connectivity index is 2.53. The van der Waals surface area contributed by atoms with Crippen LogP contribution in [0.1, 0.15) is 18.9 Å². The molecule has 0 radical (unpaired) electrons. The van der Waals surface area contributed by atoms with Gasteiger partial charge in [0.15, 0.2) is 17.4 Å². The minimum Gasteiger partial charge on any atom is -0.488 e. The molecule has 0 aromatic heterocycles. The van der Waals surface area contributed by atoms with E-state index in [2.05, 4.69) is 6.92 Å². The number of nitrogens with two attached hydrogens (primary N) is 1. The summed E-state index contributed by atoms with van der Waals surface area (Å²) in [6.07, 6.45) is 0.774. The lowest BCUT2D eigenvalue weighted by molar-refractivity contribution is 0.285. The van der Waals surface area contributed by atoms with Gasteiger partial charge in [-0.05, 0) is 35.6 Å². The van der Waals surface area contributed by atoms with Gasteiger partial charge in [0.25, 0.3) is 0 Å². The van der Waals surface area contributed by atoms with Crippen LogP contribution < -0.4 is 10.5 Å². The summed E-state index contributed by atoms with van der Waals surface area (Å²) in [7, 11) is 0. The molecule has 1 aromatic carbocycles. The Morgan fingerprint density at radius 2 is 1.94 bits per heavy atom. The Morgan fingerprint density at radius 3 is 2.47 bits per heavy atom. The summed E-state index contributed by atoms with van der Waals surface area (Å²) in [6.45, 7) is 2.50. The maximum Gasteiger partial charge on any atom is 0.190 e. The van der Waals surface area contributed by atoms with Crippen LogP contribution in [0, 0.1) is 11.6 Å². The Bertz CT molecular complexity index is 337. The fourth-order valence-corrected chi connectivity index (χ4v) is 1.96. The van der Waals surface area contributed by atoms with Crippen molar-refractivity contribution in [3.8, 4) is 5.75 Å². The van der Waals surface area contributed by atoms with Gasteiger partial charge in [-0.1, -0.05) is 6.92 Å². The van der Waals surface area contributed by atoms with Gasteiger partial charge in [0, 0.05) is 6.54 Å². The number of benzene rings is 1. The summed E-state index contributed by atoms with van der Waals surface area (Å²) in [5.41, 5.74) is 5.74. The van der Waals surface area contributed by atoms with Crippen molar-refractivity contribution in [1.29, 1.82) is 0 Å². The van der Waals surface area contributed by atoms with Crippen molar-refractivity contribution < 1.29 is 13.5 Å². The van der Waals surface area contributed by atoms with Crippen molar-refractivity contribution in [1.82, 2.24) is 0 Å². The lowest BCUT2D eigenvalue weighted by Crippen LogP contribution is -2.05. The van der Waals surface area contributed by atoms with Crippen LogP contribution in [0.4, 0.5) is 8.78 Å². The molecule has 96 valence electrons. The summed E-state index contributed by atoms with van der Waals surface area (Å²) in [5.74, 6) is 0.292. The van der Waals surface area contributed by atoms with Gasteiger partial charge < -0.3 is 10.5 Å². The normalized spacial score (nSPS) is 10.6. The topological polar surface area (TPSA) is 35.2 Å². The first kappa shape index (κ1) is 14.3. The molecule has 0 unspecified atom stereocenters. The molecular formula is C12H17F2NOS. The summed E-state index contributed by atoms with van der Waals surface area (Å²) < 4.78 is 32.0. The van der Waals surface area contributed by atoms with E-state index in [-0.39, 0.29) is 12.3 Å². The lowest BCUT2D eigenvalue weighted by Gasteiger charge is -2.09. The van der Waals surface area contributed by atoms with Gasteiger partial charge in [-0.25, -0.2) is 8.78 Å². The highest BCUT2D eigenvalue weighted by atomic mass is 32.2. The minimum absolute atomic E-state index is 0.112. The number of hydrogen-bond donors (Lipinski definition) is 1. The van der Waals surface area contributed by atoms with Crippen LogP contribution in [0.2, 0.25) is 0 Å². The molecule has 2 nitrogen and oxygen atoms in total. The molecule has 0 spiro atoms. The molecule has 0 saturated carbocycles. The molecule has 5 heteroatoms. The lowest BCUT2D eigenvalue weighted by atomic mass is 10.2. The van der Waals surface area contributed by atoms with Gasteiger partial charge in [0.05, 0.1) is 6.61 Å². The standard InChI is InChI=1S/C12H17F2NOS/c1-2-17-5-3-4-16-12-10(13)6-9(8-15)7-11(12)14/h6-7H,2-5,8,15H2,1H3. The molecule has 0 heterocycles. The van der Waals surface area contributed by atoms with Crippen LogP contribution in [0.15, 0.2) is 12.1 Å². The average molecular weight is 261 g/mol. The Hall–Kier alpha value is -0.810. The molecule has 0 aliphatic rings. The van der Waals surface area contributed by atoms with Crippen LogP contribution in [0.5, 0.6) is 5.75 Å². The number of hydrogen-bond acceptors (Lipinski definition) is 3. The molecule has 0 aliphatic carbocycles. The SMILES string of the molecule is CCSCCCOc1c(F)cc(CN)cc1F. The Kier molecular flexibility index (Phi) is 6.29. The molecule has 0 saturated heterocycles. The highest BCUT2D eigenvalue weighted by Gasteiger charge is 2.11. The summed E-state index contributed by atoms with van der Waals surface area (Å²) in [4.78, 5) is 0. The highest BCUT2D eigenvalue weighted by Crippen LogP contribution is 2.23. The van der Waals surface area contributed by atoms with Crippen molar-refractivity contribution in [3.05, 3.63) is 29.3 Å². The molecule has 17 heavy (non-hydrogen) atoms. The quantitative estimate of drug-likeness (QED) is 0.766. The van der Waals surface area contributed by atoms with Gasteiger partial charge in [-0.3, -0.25) is 0 Å². The molecule has 0 bridgehead atoms.